The zero-order valence-electron chi connectivity index (χ0n) is 13.7. The van der Waals surface area contributed by atoms with E-state index in [0.717, 1.165) is 0 Å². The molecule has 2 N–H and O–H groups in total. The number of nitrogens with zero attached hydrogens (tertiary/aromatic N) is 3. The van der Waals surface area contributed by atoms with Crippen molar-refractivity contribution in [1.82, 2.24) is 9.55 Å². The molecule has 4 rings (SSSR count). The summed E-state index contributed by atoms with van der Waals surface area (Å²) in [5.74, 6) is -1.33. The highest BCUT2D eigenvalue weighted by molar-refractivity contribution is 6.30. The Bertz CT molecular complexity index is 1170. The fourth-order valence-corrected chi connectivity index (χ4v) is 3.62. The molecule has 1 aromatic carbocycles. The average Bonchev–Trinajstić information content (AvgIpc) is 3.03. The SMILES string of the molecule is O=C(O)C1Cc2c(c(=O)c3cccnc3n2-c2cccc(Cl)c2)N1C(=O)O. The smallest absolute Gasteiger partial charge is 0.412 e. The van der Waals surface area contributed by atoms with Gasteiger partial charge in [-0.25, -0.2) is 14.6 Å². The lowest BCUT2D eigenvalue weighted by atomic mass is 10.1. The molecule has 3 heterocycles. The molecule has 1 aliphatic rings. The monoisotopic (exact) mass is 385 g/mol. The van der Waals surface area contributed by atoms with Crippen LogP contribution >= 0.6 is 11.6 Å². The number of hydrogen-bond acceptors (Lipinski definition) is 4. The lowest BCUT2D eigenvalue weighted by Crippen LogP contribution is -2.43. The number of benzene rings is 1. The van der Waals surface area contributed by atoms with E-state index in [2.05, 4.69) is 4.98 Å². The van der Waals surface area contributed by atoms with Crippen LogP contribution in [0.5, 0.6) is 0 Å². The third-order valence-electron chi connectivity index (χ3n) is 4.50. The van der Waals surface area contributed by atoms with E-state index in [1.807, 2.05) is 0 Å². The molecule has 1 amide bonds. The number of carboxylic acids is 1. The Kier molecular flexibility index (Phi) is 3.85. The minimum absolute atomic E-state index is 0.161. The van der Waals surface area contributed by atoms with Crippen LogP contribution in [-0.2, 0) is 11.2 Å². The van der Waals surface area contributed by atoms with Gasteiger partial charge in [0.1, 0.15) is 17.4 Å². The molecule has 27 heavy (non-hydrogen) atoms. The van der Waals surface area contributed by atoms with Crippen molar-refractivity contribution < 1.29 is 19.8 Å². The summed E-state index contributed by atoms with van der Waals surface area (Å²) >= 11 is 6.09. The van der Waals surface area contributed by atoms with Gasteiger partial charge in [0.25, 0.3) is 0 Å². The first-order valence-corrected chi connectivity index (χ1v) is 8.31. The summed E-state index contributed by atoms with van der Waals surface area (Å²) in [5, 5.41) is 19.7. The summed E-state index contributed by atoms with van der Waals surface area (Å²) in [7, 11) is 0. The second-order valence-corrected chi connectivity index (χ2v) is 6.46. The Hall–Kier alpha value is -3.39. The summed E-state index contributed by atoms with van der Waals surface area (Å²) < 4.78 is 1.59. The number of halogens is 1. The van der Waals surface area contributed by atoms with Crippen molar-refractivity contribution >= 4 is 40.4 Å². The van der Waals surface area contributed by atoms with Gasteiger partial charge in [0.15, 0.2) is 0 Å². The van der Waals surface area contributed by atoms with Crippen LogP contribution in [0, 0.1) is 0 Å². The normalized spacial score (nSPS) is 15.7. The van der Waals surface area contributed by atoms with E-state index in [0.29, 0.717) is 21.3 Å². The van der Waals surface area contributed by atoms with Gasteiger partial charge in [-0.3, -0.25) is 14.3 Å². The number of amides is 1. The molecule has 0 saturated heterocycles. The first-order valence-electron chi connectivity index (χ1n) is 7.93. The zero-order valence-corrected chi connectivity index (χ0v) is 14.4. The molecule has 0 aliphatic carbocycles. The van der Waals surface area contributed by atoms with Crippen molar-refractivity contribution in [1.29, 1.82) is 0 Å². The first-order chi connectivity index (χ1) is 12.9. The van der Waals surface area contributed by atoms with Crippen molar-refractivity contribution in [3.63, 3.8) is 0 Å². The van der Waals surface area contributed by atoms with E-state index in [-0.39, 0.29) is 23.2 Å². The molecule has 136 valence electrons. The van der Waals surface area contributed by atoms with Crippen molar-refractivity contribution in [3.8, 4) is 5.69 Å². The van der Waals surface area contributed by atoms with Crippen LogP contribution in [0.4, 0.5) is 10.5 Å². The third kappa shape index (κ3) is 2.53. The minimum Gasteiger partial charge on any atom is -0.480 e. The van der Waals surface area contributed by atoms with Gasteiger partial charge in [-0.1, -0.05) is 17.7 Å². The predicted molar refractivity (Wildman–Crippen MR) is 98.0 cm³/mol. The van der Waals surface area contributed by atoms with Crippen molar-refractivity contribution in [2.75, 3.05) is 4.90 Å². The predicted octanol–water partition coefficient (Wildman–Crippen LogP) is 2.53. The van der Waals surface area contributed by atoms with Crippen molar-refractivity contribution in [2.45, 2.75) is 12.5 Å². The molecule has 1 aliphatic heterocycles. The number of fused-ring (bicyclic) bond motifs is 2. The Morgan fingerprint density at radius 2 is 1.96 bits per heavy atom. The molecule has 0 radical (unpaired) electrons. The van der Waals surface area contributed by atoms with Crippen LogP contribution in [0.2, 0.25) is 5.02 Å². The molecule has 9 heteroatoms. The fourth-order valence-electron chi connectivity index (χ4n) is 3.43. The Labute approximate surface area is 156 Å². The highest BCUT2D eigenvalue weighted by Gasteiger charge is 2.43. The number of aromatic nitrogens is 2. The molecular formula is C18H12ClN3O5. The lowest BCUT2D eigenvalue weighted by molar-refractivity contribution is -0.138. The molecule has 0 bridgehead atoms. The Morgan fingerprint density at radius 1 is 1.19 bits per heavy atom. The van der Waals surface area contributed by atoms with E-state index in [4.69, 9.17) is 11.6 Å². The van der Waals surface area contributed by atoms with E-state index in [9.17, 15) is 24.6 Å². The summed E-state index contributed by atoms with van der Waals surface area (Å²) in [6.45, 7) is 0. The van der Waals surface area contributed by atoms with Gasteiger partial charge in [-0.15, -0.1) is 0 Å². The third-order valence-corrected chi connectivity index (χ3v) is 4.73. The van der Waals surface area contributed by atoms with Crippen LogP contribution in [0.3, 0.4) is 0 Å². The summed E-state index contributed by atoms with van der Waals surface area (Å²) in [6, 6.07) is 8.44. The van der Waals surface area contributed by atoms with Crippen LogP contribution < -0.4 is 10.3 Å². The molecular weight excluding hydrogens is 374 g/mol. The second-order valence-electron chi connectivity index (χ2n) is 6.03. The molecule has 1 atom stereocenters. The van der Waals surface area contributed by atoms with Gasteiger partial charge >= 0.3 is 12.1 Å². The van der Waals surface area contributed by atoms with Crippen LogP contribution in [0.1, 0.15) is 5.69 Å². The maximum Gasteiger partial charge on any atom is 0.412 e. The second kappa shape index (κ2) is 6.10. The standard InChI is InChI=1S/C18H12ClN3O5/c19-9-3-1-4-10(7-9)21-12-8-13(17(24)25)22(18(26)27)14(12)15(23)11-5-2-6-20-16(11)21/h1-7,13H,8H2,(H,24,25)(H,26,27). The zero-order chi connectivity index (χ0) is 19.3. The number of carboxylic acid groups (broad SMARTS) is 2. The topological polar surface area (TPSA) is 113 Å². The number of anilines is 1. The lowest BCUT2D eigenvalue weighted by Gasteiger charge is -2.19. The highest BCUT2D eigenvalue weighted by atomic mass is 35.5. The van der Waals surface area contributed by atoms with Gasteiger partial charge in [-0.2, -0.15) is 0 Å². The number of aliphatic carboxylic acids is 1. The number of pyridine rings is 2. The van der Waals surface area contributed by atoms with E-state index in [1.165, 1.54) is 12.3 Å². The highest BCUT2D eigenvalue weighted by Crippen LogP contribution is 2.34. The maximum atomic E-state index is 13.0. The Balaban J connectivity index is 2.16. The fraction of sp³-hybridized carbons (Fsp3) is 0.111. The van der Waals surface area contributed by atoms with E-state index < -0.39 is 23.5 Å². The molecule has 0 saturated carbocycles. The summed E-state index contributed by atoms with van der Waals surface area (Å²) in [6.07, 6.45) is -0.155. The van der Waals surface area contributed by atoms with Gasteiger partial charge in [0, 0.05) is 23.3 Å². The number of rotatable bonds is 2. The molecule has 0 fully saturated rings. The van der Waals surface area contributed by atoms with Crippen LogP contribution in [0.25, 0.3) is 16.7 Å². The van der Waals surface area contributed by atoms with Gasteiger partial charge in [0.2, 0.25) is 5.43 Å². The van der Waals surface area contributed by atoms with Gasteiger partial charge in [-0.05, 0) is 30.3 Å². The molecule has 3 aromatic rings. The molecule has 2 aromatic heterocycles. The minimum atomic E-state index is -1.50. The summed E-state index contributed by atoms with van der Waals surface area (Å²) in [5.41, 5.74) is 0.384. The quantitative estimate of drug-likeness (QED) is 0.701. The van der Waals surface area contributed by atoms with Crippen LogP contribution in [-0.4, -0.2) is 37.9 Å². The molecule has 0 spiro atoms. The maximum absolute atomic E-state index is 13.0. The molecule has 1 unspecified atom stereocenters. The number of carbonyl (C=O) groups is 2. The van der Waals surface area contributed by atoms with Crippen molar-refractivity contribution in [2.24, 2.45) is 0 Å². The van der Waals surface area contributed by atoms with Crippen molar-refractivity contribution in [3.05, 3.63) is 63.5 Å². The Morgan fingerprint density at radius 3 is 2.63 bits per heavy atom. The number of hydrogen-bond donors (Lipinski definition) is 2. The van der Waals surface area contributed by atoms with E-state index >= 15 is 0 Å². The van der Waals surface area contributed by atoms with Crippen LogP contribution in [0.15, 0.2) is 47.4 Å². The largest absolute Gasteiger partial charge is 0.480 e. The summed E-state index contributed by atoms with van der Waals surface area (Å²) in [4.78, 5) is 41.3. The van der Waals surface area contributed by atoms with Gasteiger partial charge in [0.05, 0.1) is 11.1 Å². The van der Waals surface area contributed by atoms with E-state index in [1.54, 1.807) is 34.9 Å². The van der Waals surface area contributed by atoms with Gasteiger partial charge < -0.3 is 10.2 Å². The molecule has 8 nitrogen and oxygen atoms in total. The first kappa shape index (κ1) is 17.0. The average molecular weight is 386 g/mol.